The summed E-state index contributed by atoms with van der Waals surface area (Å²) >= 11 is 0. The minimum absolute atomic E-state index is 0.0700. The van der Waals surface area contributed by atoms with Gasteiger partial charge in [0.1, 0.15) is 6.10 Å². The van der Waals surface area contributed by atoms with E-state index in [1.54, 1.807) is 18.2 Å². The SMILES string of the molecule is CC(C)NC(=O)c1ccc2c(c1)CC(c1ccccc1)OC2=O. The maximum Gasteiger partial charge on any atom is 0.339 e. The van der Waals surface area contributed by atoms with Gasteiger partial charge in [-0.15, -0.1) is 0 Å². The summed E-state index contributed by atoms with van der Waals surface area (Å²) < 4.78 is 5.52. The number of benzene rings is 2. The number of rotatable bonds is 3. The molecule has 1 aliphatic heterocycles. The van der Waals surface area contributed by atoms with Crippen LogP contribution >= 0.6 is 0 Å². The van der Waals surface area contributed by atoms with Gasteiger partial charge in [0.2, 0.25) is 0 Å². The van der Waals surface area contributed by atoms with Crippen LogP contribution in [-0.2, 0) is 11.2 Å². The van der Waals surface area contributed by atoms with Gasteiger partial charge in [-0.3, -0.25) is 4.79 Å². The standard InChI is InChI=1S/C19H19NO3/c1-12(2)20-18(21)14-8-9-16-15(10-14)11-17(23-19(16)22)13-6-4-3-5-7-13/h3-10,12,17H,11H2,1-2H3,(H,20,21). The number of nitrogens with one attached hydrogen (secondary N) is 1. The van der Waals surface area contributed by atoms with Crippen molar-refractivity contribution in [1.29, 1.82) is 0 Å². The third-order valence-electron chi connectivity index (χ3n) is 3.83. The summed E-state index contributed by atoms with van der Waals surface area (Å²) in [6.45, 7) is 3.83. The second kappa shape index (κ2) is 6.24. The Kier molecular flexibility index (Phi) is 4.15. The number of carbonyl (C=O) groups is 2. The van der Waals surface area contributed by atoms with Gasteiger partial charge in [0.05, 0.1) is 5.56 Å². The van der Waals surface area contributed by atoms with Crippen LogP contribution in [-0.4, -0.2) is 17.9 Å². The van der Waals surface area contributed by atoms with E-state index in [-0.39, 0.29) is 24.0 Å². The number of ether oxygens (including phenoxy) is 1. The van der Waals surface area contributed by atoms with Crippen LogP contribution in [0.4, 0.5) is 0 Å². The fraction of sp³-hybridized carbons (Fsp3) is 0.263. The van der Waals surface area contributed by atoms with E-state index in [0.717, 1.165) is 11.1 Å². The van der Waals surface area contributed by atoms with Gasteiger partial charge >= 0.3 is 5.97 Å². The average Bonchev–Trinajstić information content (AvgIpc) is 2.54. The van der Waals surface area contributed by atoms with Crippen molar-refractivity contribution in [2.24, 2.45) is 0 Å². The summed E-state index contributed by atoms with van der Waals surface area (Å²) in [5, 5.41) is 2.86. The van der Waals surface area contributed by atoms with Gasteiger partial charge in [-0.25, -0.2) is 4.79 Å². The van der Waals surface area contributed by atoms with Gasteiger partial charge < -0.3 is 10.1 Å². The molecule has 0 bridgehead atoms. The topological polar surface area (TPSA) is 55.4 Å². The van der Waals surface area contributed by atoms with E-state index in [1.165, 1.54) is 0 Å². The molecule has 1 amide bonds. The van der Waals surface area contributed by atoms with Gasteiger partial charge in [-0.2, -0.15) is 0 Å². The number of hydrogen-bond acceptors (Lipinski definition) is 3. The Balaban J connectivity index is 1.90. The van der Waals surface area contributed by atoms with E-state index < -0.39 is 0 Å². The molecule has 1 N–H and O–H groups in total. The van der Waals surface area contributed by atoms with E-state index >= 15 is 0 Å². The Hall–Kier alpha value is -2.62. The molecule has 1 unspecified atom stereocenters. The van der Waals surface area contributed by atoms with Gasteiger partial charge in [0.15, 0.2) is 0 Å². The average molecular weight is 309 g/mol. The lowest BCUT2D eigenvalue weighted by Gasteiger charge is -2.25. The molecule has 1 aliphatic rings. The maximum atomic E-state index is 12.2. The predicted molar refractivity (Wildman–Crippen MR) is 87.3 cm³/mol. The highest BCUT2D eigenvalue weighted by molar-refractivity contribution is 5.97. The molecule has 2 aromatic carbocycles. The van der Waals surface area contributed by atoms with Crippen LogP contribution in [0.15, 0.2) is 48.5 Å². The van der Waals surface area contributed by atoms with Crippen LogP contribution in [0.2, 0.25) is 0 Å². The zero-order chi connectivity index (χ0) is 16.4. The van der Waals surface area contributed by atoms with Crippen LogP contribution in [0.5, 0.6) is 0 Å². The highest BCUT2D eigenvalue weighted by atomic mass is 16.5. The smallest absolute Gasteiger partial charge is 0.339 e. The molecule has 0 saturated carbocycles. The minimum Gasteiger partial charge on any atom is -0.454 e. The fourth-order valence-electron chi connectivity index (χ4n) is 2.74. The lowest BCUT2D eigenvalue weighted by atomic mass is 9.93. The third kappa shape index (κ3) is 3.26. The molecule has 0 radical (unpaired) electrons. The first-order chi connectivity index (χ1) is 11.0. The number of carbonyl (C=O) groups excluding carboxylic acids is 2. The first-order valence-corrected chi connectivity index (χ1v) is 7.74. The number of fused-ring (bicyclic) bond motifs is 1. The zero-order valence-electron chi connectivity index (χ0n) is 13.2. The summed E-state index contributed by atoms with van der Waals surface area (Å²) in [6, 6.07) is 14.9. The lowest BCUT2D eigenvalue weighted by Crippen LogP contribution is -2.30. The van der Waals surface area contributed by atoms with E-state index in [0.29, 0.717) is 17.5 Å². The molecule has 23 heavy (non-hydrogen) atoms. The van der Waals surface area contributed by atoms with Crippen molar-refractivity contribution in [2.75, 3.05) is 0 Å². The molecular weight excluding hydrogens is 290 g/mol. The fourth-order valence-corrected chi connectivity index (χ4v) is 2.74. The highest BCUT2D eigenvalue weighted by Gasteiger charge is 2.28. The summed E-state index contributed by atoms with van der Waals surface area (Å²) in [7, 11) is 0. The number of amides is 1. The van der Waals surface area contributed by atoms with Crippen LogP contribution < -0.4 is 5.32 Å². The summed E-state index contributed by atoms with van der Waals surface area (Å²) in [5.74, 6) is -0.464. The first kappa shape index (κ1) is 15.3. The number of esters is 1. The largest absolute Gasteiger partial charge is 0.454 e. The summed E-state index contributed by atoms with van der Waals surface area (Å²) in [6.07, 6.45) is 0.271. The molecule has 2 aromatic rings. The van der Waals surface area contributed by atoms with E-state index in [4.69, 9.17) is 4.74 Å². The van der Waals surface area contributed by atoms with Crippen molar-refractivity contribution in [3.63, 3.8) is 0 Å². The molecule has 4 nitrogen and oxygen atoms in total. The normalized spacial score (nSPS) is 16.7. The monoisotopic (exact) mass is 309 g/mol. The van der Waals surface area contributed by atoms with Crippen molar-refractivity contribution in [2.45, 2.75) is 32.4 Å². The first-order valence-electron chi connectivity index (χ1n) is 7.74. The Morgan fingerprint density at radius 3 is 2.61 bits per heavy atom. The molecule has 4 heteroatoms. The van der Waals surface area contributed by atoms with E-state index in [2.05, 4.69) is 5.32 Å². The van der Waals surface area contributed by atoms with Crippen molar-refractivity contribution < 1.29 is 14.3 Å². The van der Waals surface area contributed by atoms with Crippen LogP contribution in [0.1, 0.15) is 51.8 Å². The van der Waals surface area contributed by atoms with Gasteiger partial charge in [-0.1, -0.05) is 30.3 Å². The Bertz CT molecular complexity index is 738. The minimum atomic E-state index is -0.337. The van der Waals surface area contributed by atoms with E-state index in [9.17, 15) is 9.59 Å². The Labute approximate surface area is 135 Å². The third-order valence-corrected chi connectivity index (χ3v) is 3.83. The van der Waals surface area contributed by atoms with E-state index in [1.807, 2.05) is 44.2 Å². The highest BCUT2D eigenvalue weighted by Crippen LogP contribution is 2.31. The maximum absolute atomic E-state index is 12.2. The van der Waals surface area contributed by atoms with Crippen molar-refractivity contribution in [1.82, 2.24) is 5.32 Å². The number of cyclic esters (lactones) is 1. The molecular formula is C19H19NO3. The predicted octanol–water partition coefficient (Wildman–Crippen LogP) is 3.28. The van der Waals surface area contributed by atoms with Crippen LogP contribution in [0, 0.1) is 0 Å². The molecule has 1 atom stereocenters. The molecule has 1 heterocycles. The quantitative estimate of drug-likeness (QED) is 0.885. The molecule has 0 aromatic heterocycles. The van der Waals surface area contributed by atoms with Gasteiger partial charge in [0, 0.05) is 18.0 Å². The lowest BCUT2D eigenvalue weighted by molar-refractivity contribution is 0.0252. The van der Waals surface area contributed by atoms with Gasteiger partial charge in [0.25, 0.3) is 5.91 Å². The van der Waals surface area contributed by atoms with Crippen molar-refractivity contribution >= 4 is 11.9 Å². The molecule has 0 spiro atoms. The summed E-state index contributed by atoms with van der Waals surface area (Å²) in [4.78, 5) is 24.4. The van der Waals surface area contributed by atoms with Gasteiger partial charge in [-0.05, 0) is 43.2 Å². The van der Waals surface area contributed by atoms with Crippen LogP contribution in [0.25, 0.3) is 0 Å². The second-order valence-corrected chi connectivity index (χ2v) is 6.01. The van der Waals surface area contributed by atoms with Crippen molar-refractivity contribution in [3.05, 3.63) is 70.8 Å². The molecule has 3 rings (SSSR count). The zero-order valence-corrected chi connectivity index (χ0v) is 13.2. The second-order valence-electron chi connectivity index (χ2n) is 6.01. The van der Waals surface area contributed by atoms with Crippen LogP contribution in [0.3, 0.4) is 0 Å². The summed E-state index contributed by atoms with van der Waals surface area (Å²) in [5.41, 5.74) is 2.92. The number of hydrogen-bond donors (Lipinski definition) is 1. The Morgan fingerprint density at radius 1 is 1.17 bits per heavy atom. The molecule has 0 saturated heterocycles. The molecule has 118 valence electrons. The van der Waals surface area contributed by atoms with Crippen molar-refractivity contribution in [3.8, 4) is 0 Å². The molecule has 0 fully saturated rings. The molecule has 0 aliphatic carbocycles. The Morgan fingerprint density at radius 2 is 1.91 bits per heavy atom.